The smallest absolute Gasteiger partial charge is 0.287 e. The van der Waals surface area contributed by atoms with Crippen molar-refractivity contribution in [1.29, 1.82) is 0 Å². The maximum Gasteiger partial charge on any atom is 0.287 e. The molecule has 1 aromatic carbocycles. The number of rotatable bonds is 3. The van der Waals surface area contributed by atoms with Crippen LogP contribution in [0.5, 0.6) is 0 Å². The molecule has 1 heterocycles. The minimum absolute atomic E-state index is 0.0278. The molecule has 1 aliphatic carbocycles. The van der Waals surface area contributed by atoms with E-state index in [0.717, 1.165) is 19.3 Å². The lowest BCUT2D eigenvalue weighted by Gasteiger charge is -2.25. The van der Waals surface area contributed by atoms with Gasteiger partial charge in [0.1, 0.15) is 5.58 Å². The zero-order valence-electron chi connectivity index (χ0n) is 12.2. The predicted molar refractivity (Wildman–Crippen MR) is 82.8 cm³/mol. The van der Waals surface area contributed by atoms with E-state index < -0.39 is 0 Å². The van der Waals surface area contributed by atoms with Gasteiger partial charge in [0.25, 0.3) is 5.91 Å². The van der Waals surface area contributed by atoms with Crippen molar-refractivity contribution in [3.63, 3.8) is 0 Å². The van der Waals surface area contributed by atoms with Crippen LogP contribution in [-0.4, -0.2) is 23.7 Å². The van der Waals surface area contributed by atoms with Gasteiger partial charge in [0, 0.05) is 12.6 Å². The Hall–Kier alpha value is -2.14. The molecule has 2 N–H and O–H groups in total. The van der Waals surface area contributed by atoms with E-state index in [4.69, 9.17) is 4.42 Å². The number of para-hydroxylation sites is 1. The van der Waals surface area contributed by atoms with Crippen LogP contribution < -0.4 is 10.7 Å². The Morgan fingerprint density at radius 1 is 1.32 bits per heavy atom. The lowest BCUT2D eigenvalue weighted by molar-refractivity contribution is 0.0854. The van der Waals surface area contributed by atoms with E-state index in [2.05, 4.69) is 5.32 Å². The molecule has 1 aliphatic rings. The summed E-state index contributed by atoms with van der Waals surface area (Å²) >= 11 is 0. The fourth-order valence-corrected chi connectivity index (χ4v) is 2.99. The second kappa shape index (κ2) is 6.32. The van der Waals surface area contributed by atoms with Crippen LogP contribution in [0.2, 0.25) is 0 Å². The molecule has 5 nitrogen and oxygen atoms in total. The molecular formula is C17H19NO4. The van der Waals surface area contributed by atoms with Crippen molar-refractivity contribution < 1.29 is 14.3 Å². The molecule has 2 atom stereocenters. The zero-order valence-corrected chi connectivity index (χ0v) is 12.2. The number of aliphatic hydroxyl groups is 1. The average molecular weight is 301 g/mol. The van der Waals surface area contributed by atoms with Crippen LogP contribution in [0.4, 0.5) is 0 Å². The van der Waals surface area contributed by atoms with Crippen molar-refractivity contribution in [2.75, 3.05) is 6.54 Å². The molecule has 0 aliphatic heterocycles. The third-order valence-electron chi connectivity index (χ3n) is 4.16. The summed E-state index contributed by atoms with van der Waals surface area (Å²) in [6.45, 7) is 0.492. The fourth-order valence-electron chi connectivity index (χ4n) is 2.99. The Labute approximate surface area is 127 Å². The molecule has 0 radical (unpaired) electrons. The van der Waals surface area contributed by atoms with Crippen LogP contribution in [-0.2, 0) is 0 Å². The molecule has 3 rings (SSSR count). The van der Waals surface area contributed by atoms with Gasteiger partial charge in [-0.1, -0.05) is 18.6 Å². The summed E-state index contributed by atoms with van der Waals surface area (Å²) in [6, 6.07) is 8.09. The predicted octanol–water partition coefficient (Wildman–Crippen LogP) is 2.07. The van der Waals surface area contributed by atoms with Crippen molar-refractivity contribution in [1.82, 2.24) is 5.32 Å². The molecular weight excluding hydrogens is 282 g/mol. The third kappa shape index (κ3) is 3.20. The van der Waals surface area contributed by atoms with Crippen LogP contribution in [0.1, 0.15) is 36.2 Å². The summed E-state index contributed by atoms with van der Waals surface area (Å²) in [5, 5.41) is 12.9. The third-order valence-corrected chi connectivity index (χ3v) is 4.16. The number of carbonyl (C=O) groups is 1. The van der Waals surface area contributed by atoms with Gasteiger partial charge in [-0.05, 0) is 37.3 Å². The highest BCUT2D eigenvalue weighted by Crippen LogP contribution is 2.23. The number of nitrogens with one attached hydrogen (secondary N) is 1. The lowest BCUT2D eigenvalue weighted by atomic mass is 9.87. The van der Waals surface area contributed by atoms with E-state index in [-0.39, 0.29) is 29.1 Å². The number of hydrogen-bond donors (Lipinski definition) is 2. The SMILES string of the molecule is O=C(NCC1CCCC(O)C1)c1cc(=O)c2ccccc2o1. The highest BCUT2D eigenvalue weighted by molar-refractivity contribution is 5.93. The molecule has 1 saturated carbocycles. The highest BCUT2D eigenvalue weighted by atomic mass is 16.3. The normalized spacial score (nSPS) is 21.7. The van der Waals surface area contributed by atoms with Gasteiger partial charge in [0.05, 0.1) is 11.5 Å². The number of benzene rings is 1. The molecule has 22 heavy (non-hydrogen) atoms. The van der Waals surface area contributed by atoms with Crippen LogP contribution in [0, 0.1) is 5.92 Å². The van der Waals surface area contributed by atoms with Crippen LogP contribution in [0.25, 0.3) is 11.0 Å². The van der Waals surface area contributed by atoms with Crippen molar-refractivity contribution in [2.45, 2.75) is 31.8 Å². The Morgan fingerprint density at radius 3 is 2.95 bits per heavy atom. The van der Waals surface area contributed by atoms with E-state index in [1.54, 1.807) is 24.3 Å². The molecule has 0 spiro atoms. The number of carbonyl (C=O) groups excluding carboxylic acids is 1. The van der Waals surface area contributed by atoms with Gasteiger partial charge < -0.3 is 14.8 Å². The summed E-state index contributed by atoms with van der Waals surface area (Å²) in [5.74, 6) is -0.0807. The standard InChI is InChI=1S/C17H19NO4/c19-12-5-3-4-11(8-12)10-18-17(21)16-9-14(20)13-6-1-2-7-15(13)22-16/h1-2,6-7,9,11-12,19H,3-5,8,10H2,(H,18,21). The molecule has 2 unspecified atom stereocenters. The second-order valence-corrected chi connectivity index (χ2v) is 5.87. The largest absolute Gasteiger partial charge is 0.451 e. The number of fused-ring (bicyclic) bond motifs is 1. The monoisotopic (exact) mass is 301 g/mol. The Kier molecular flexibility index (Phi) is 4.24. The summed E-state index contributed by atoms with van der Waals surface area (Å²) in [7, 11) is 0. The van der Waals surface area contributed by atoms with Crippen molar-refractivity contribution in [2.24, 2.45) is 5.92 Å². The number of hydrogen-bond acceptors (Lipinski definition) is 4. The number of aliphatic hydroxyl groups excluding tert-OH is 1. The molecule has 1 amide bonds. The van der Waals surface area contributed by atoms with Gasteiger partial charge in [-0.2, -0.15) is 0 Å². The van der Waals surface area contributed by atoms with Gasteiger partial charge in [-0.3, -0.25) is 9.59 Å². The van der Waals surface area contributed by atoms with E-state index in [0.29, 0.717) is 23.9 Å². The van der Waals surface area contributed by atoms with Gasteiger partial charge in [-0.25, -0.2) is 0 Å². The molecule has 5 heteroatoms. The quantitative estimate of drug-likeness (QED) is 0.909. The molecule has 116 valence electrons. The molecule has 0 saturated heterocycles. The van der Waals surface area contributed by atoms with Crippen molar-refractivity contribution in [3.8, 4) is 0 Å². The maximum absolute atomic E-state index is 12.2. The van der Waals surface area contributed by atoms with Crippen molar-refractivity contribution in [3.05, 3.63) is 46.3 Å². The highest BCUT2D eigenvalue weighted by Gasteiger charge is 2.21. The van der Waals surface area contributed by atoms with Crippen LogP contribution in [0.3, 0.4) is 0 Å². The Bertz CT molecular complexity index is 737. The average Bonchev–Trinajstić information content (AvgIpc) is 2.52. The van der Waals surface area contributed by atoms with Crippen LogP contribution in [0.15, 0.2) is 39.5 Å². The summed E-state index contributed by atoms with van der Waals surface area (Å²) in [5.41, 5.74) is 0.188. The topological polar surface area (TPSA) is 79.5 Å². The van der Waals surface area contributed by atoms with Gasteiger partial charge >= 0.3 is 0 Å². The minimum atomic E-state index is -0.386. The maximum atomic E-state index is 12.2. The molecule has 1 aromatic heterocycles. The molecule has 0 bridgehead atoms. The van der Waals surface area contributed by atoms with Gasteiger partial charge in [0.2, 0.25) is 0 Å². The van der Waals surface area contributed by atoms with Gasteiger partial charge in [-0.15, -0.1) is 0 Å². The molecule has 2 aromatic rings. The zero-order chi connectivity index (χ0) is 15.5. The summed E-state index contributed by atoms with van der Waals surface area (Å²) < 4.78 is 5.50. The Balaban J connectivity index is 1.71. The first-order valence-electron chi connectivity index (χ1n) is 7.62. The lowest BCUT2D eigenvalue weighted by Crippen LogP contribution is -2.33. The van der Waals surface area contributed by atoms with Crippen molar-refractivity contribution >= 4 is 16.9 Å². The first kappa shape index (κ1) is 14.8. The first-order chi connectivity index (χ1) is 10.6. The minimum Gasteiger partial charge on any atom is -0.451 e. The van der Waals surface area contributed by atoms with E-state index in [1.165, 1.54) is 6.07 Å². The van der Waals surface area contributed by atoms with E-state index in [9.17, 15) is 14.7 Å². The first-order valence-corrected chi connectivity index (χ1v) is 7.62. The summed E-state index contributed by atoms with van der Waals surface area (Å²) in [4.78, 5) is 24.1. The molecule has 1 fully saturated rings. The fraction of sp³-hybridized carbons (Fsp3) is 0.412. The van der Waals surface area contributed by atoms with E-state index in [1.807, 2.05) is 0 Å². The van der Waals surface area contributed by atoms with E-state index >= 15 is 0 Å². The van der Waals surface area contributed by atoms with Gasteiger partial charge in [0.15, 0.2) is 11.2 Å². The Morgan fingerprint density at radius 2 is 2.14 bits per heavy atom. The second-order valence-electron chi connectivity index (χ2n) is 5.87. The van der Waals surface area contributed by atoms with Crippen LogP contribution >= 0.6 is 0 Å². The summed E-state index contributed by atoms with van der Waals surface area (Å²) in [6.07, 6.45) is 3.26. The number of amides is 1.